The zero-order valence-corrected chi connectivity index (χ0v) is 9.09. The van der Waals surface area contributed by atoms with Crippen molar-refractivity contribution in [3.63, 3.8) is 0 Å². The molecule has 0 saturated heterocycles. The van der Waals surface area contributed by atoms with E-state index in [9.17, 15) is 0 Å². The Morgan fingerprint density at radius 3 is 2.43 bits per heavy atom. The van der Waals surface area contributed by atoms with Crippen LogP contribution in [0.4, 0.5) is 0 Å². The van der Waals surface area contributed by atoms with Gasteiger partial charge in [0.05, 0.1) is 0 Å². The predicted molar refractivity (Wildman–Crippen MR) is 24.0 cm³/mol. The van der Waals surface area contributed by atoms with E-state index in [2.05, 4.69) is 16.8 Å². The van der Waals surface area contributed by atoms with E-state index in [0.29, 0.717) is 0 Å². The monoisotopic (exact) mass is 226 g/mol. The molecular formula is C4H3BrSZn. The van der Waals surface area contributed by atoms with Crippen LogP contribution in [-0.2, 0) is 18.3 Å². The Labute approximate surface area is 67.4 Å². The molecule has 34 valence electrons. The number of rotatable bonds is 0. The Morgan fingerprint density at radius 1 is 1.57 bits per heavy atom. The number of hydrogen-bond acceptors (Lipinski definition) is 1. The molecule has 0 saturated carbocycles. The molecule has 0 aliphatic heterocycles. The third kappa shape index (κ3) is 2.58. The van der Waals surface area contributed by atoms with E-state index in [1.165, 1.54) is 22.5 Å². The standard InChI is InChI=1S/C4H3S.BrH.Zn/c1-2-4-5-3-1;;/h1,3-4H;1H;/q;;+1/p-1. The summed E-state index contributed by atoms with van der Waals surface area (Å²) in [5, 5.41) is 4.29. The zero-order chi connectivity index (χ0) is 4.41. The molecule has 1 rings (SSSR count). The van der Waals surface area contributed by atoms with Crippen molar-refractivity contribution >= 4 is 15.5 Å². The van der Waals surface area contributed by atoms with Gasteiger partial charge in [0.2, 0.25) is 0 Å². The van der Waals surface area contributed by atoms with Gasteiger partial charge in [-0.3, -0.25) is 0 Å². The summed E-state index contributed by atoms with van der Waals surface area (Å²) in [7, 11) is 0. The number of halogens is 1. The average Bonchev–Trinajstić information content (AvgIpc) is 1.86. The minimum atomic E-state index is 0. The molecule has 0 unspecified atom stereocenters. The molecule has 1 aromatic rings. The van der Waals surface area contributed by atoms with E-state index in [1.54, 1.807) is 11.3 Å². The summed E-state index contributed by atoms with van der Waals surface area (Å²) in [5.41, 5.74) is 0. The van der Waals surface area contributed by atoms with Crippen LogP contribution in [0, 0.1) is 0 Å². The quantitative estimate of drug-likeness (QED) is 0.448. The molecule has 0 amide bonds. The SMILES string of the molecule is [Br-].[Zn+][c]1ccsc1. The molecule has 0 nitrogen and oxygen atoms in total. The van der Waals surface area contributed by atoms with Crippen LogP contribution in [-0.4, -0.2) is 0 Å². The second-order valence-electron chi connectivity index (χ2n) is 1.13. The van der Waals surface area contributed by atoms with Gasteiger partial charge >= 0.3 is 50.6 Å². The van der Waals surface area contributed by atoms with E-state index < -0.39 is 0 Å². The molecule has 0 radical (unpaired) electrons. The first kappa shape index (κ1) is 7.80. The number of thiophene rings is 1. The van der Waals surface area contributed by atoms with Crippen molar-refractivity contribution in [2.75, 3.05) is 0 Å². The molecule has 0 atom stereocenters. The number of hydrogen-bond donors (Lipinski definition) is 0. The first-order valence-corrected chi connectivity index (χ1v) is 4.16. The fourth-order valence-corrected chi connectivity index (χ4v) is 2.09. The molecule has 0 spiro atoms. The van der Waals surface area contributed by atoms with Crippen molar-refractivity contribution in [1.82, 2.24) is 0 Å². The molecule has 7 heavy (non-hydrogen) atoms. The first-order valence-electron chi connectivity index (χ1n) is 1.74. The summed E-state index contributed by atoms with van der Waals surface area (Å²) in [6.07, 6.45) is 0. The Kier molecular flexibility index (Phi) is 4.19. The van der Waals surface area contributed by atoms with Gasteiger partial charge in [-0.25, -0.2) is 0 Å². The summed E-state index contributed by atoms with van der Waals surface area (Å²) >= 11 is 3.07. The van der Waals surface area contributed by atoms with Gasteiger partial charge < -0.3 is 17.0 Å². The third-order valence-corrected chi connectivity index (χ3v) is 2.86. The second kappa shape index (κ2) is 3.76. The van der Waals surface area contributed by atoms with Crippen LogP contribution < -0.4 is 21.1 Å². The molecule has 1 heterocycles. The van der Waals surface area contributed by atoms with Crippen LogP contribution in [0.3, 0.4) is 0 Å². The van der Waals surface area contributed by atoms with Crippen LogP contribution in [0.1, 0.15) is 0 Å². The van der Waals surface area contributed by atoms with Crippen molar-refractivity contribution in [3.8, 4) is 0 Å². The van der Waals surface area contributed by atoms with E-state index >= 15 is 0 Å². The second-order valence-corrected chi connectivity index (χ2v) is 3.62. The van der Waals surface area contributed by atoms with Gasteiger partial charge in [0.1, 0.15) is 0 Å². The van der Waals surface area contributed by atoms with Gasteiger partial charge in [-0.1, -0.05) is 0 Å². The van der Waals surface area contributed by atoms with Crippen molar-refractivity contribution in [3.05, 3.63) is 16.8 Å². The van der Waals surface area contributed by atoms with E-state index in [4.69, 9.17) is 0 Å². The molecule has 0 aliphatic carbocycles. The van der Waals surface area contributed by atoms with E-state index in [0.717, 1.165) is 0 Å². The van der Waals surface area contributed by atoms with Crippen molar-refractivity contribution < 1.29 is 35.3 Å². The molecule has 0 N–H and O–H groups in total. The zero-order valence-electron chi connectivity index (χ0n) is 3.73. The predicted octanol–water partition coefficient (Wildman–Crippen LogP) is -2.08. The van der Waals surface area contributed by atoms with Crippen LogP contribution >= 0.6 is 11.3 Å². The average molecular weight is 228 g/mol. The van der Waals surface area contributed by atoms with Gasteiger partial charge in [-0.15, -0.1) is 0 Å². The first-order chi connectivity index (χ1) is 2.89. The summed E-state index contributed by atoms with van der Waals surface area (Å²) in [6, 6.07) is 2.16. The fraction of sp³-hybridized carbons (Fsp3) is 0. The fourth-order valence-electron chi connectivity index (χ4n) is 0.293. The van der Waals surface area contributed by atoms with Crippen LogP contribution in [0.2, 0.25) is 0 Å². The molecule has 1 aromatic heterocycles. The molecule has 3 heteroatoms. The topological polar surface area (TPSA) is 0 Å². The van der Waals surface area contributed by atoms with Gasteiger partial charge in [-0.2, -0.15) is 0 Å². The van der Waals surface area contributed by atoms with Crippen molar-refractivity contribution in [1.29, 1.82) is 0 Å². The van der Waals surface area contributed by atoms with Gasteiger partial charge in [-0.05, 0) is 0 Å². The maximum absolute atomic E-state index is 2.18. The third-order valence-electron chi connectivity index (χ3n) is 0.580. The van der Waals surface area contributed by atoms with Gasteiger partial charge in [0.25, 0.3) is 0 Å². The molecule has 0 bridgehead atoms. The Morgan fingerprint density at radius 2 is 2.29 bits per heavy atom. The Bertz CT molecular complexity index is 115. The van der Waals surface area contributed by atoms with E-state index in [-0.39, 0.29) is 17.0 Å². The molecule has 0 aliphatic rings. The Balaban J connectivity index is 0.000000360. The van der Waals surface area contributed by atoms with Gasteiger partial charge in [0, 0.05) is 0 Å². The molecular weight excluding hydrogens is 225 g/mol. The Hall–Kier alpha value is 0.803. The normalized spacial score (nSPS) is 7.71. The summed E-state index contributed by atoms with van der Waals surface area (Å²) in [4.78, 5) is 0. The molecule has 0 aromatic carbocycles. The van der Waals surface area contributed by atoms with Crippen LogP contribution in [0.5, 0.6) is 0 Å². The molecule has 0 fully saturated rings. The summed E-state index contributed by atoms with van der Waals surface area (Å²) in [6.45, 7) is 0. The summed E-state index contributed by atoms with van der Waals surface area (Å²) < 4.78 is 1.49. The van der Waals surface area contributed by atoms with Crippen LogP contribution in [0.25, 0.3) is 0 Å². The summed E-state index contributed by atoms with van der Waals surface area (Å²) in [5.74, 6) is 0. The van der Waals surface area contributed by atoms with Crippen molar-refractivity contribution in [2.24, 2.45) is 0 Å². The van der Waals surface area contributed by atoms with Gasteiger partial charge in [0.15, 0.2) is 0 Å². The van der Waals surface area contributed by atoms with Crippen LogP contribution in [0.15, 0.2) is 16.8 Å². The van der Waals surface area contributed by atoms with Crippen molar-refractivity contribution in [2.45, 2.75) is 0 Å². The maximum atomic E-state index is 2.18. The van der Waals surface area contributed by atoms with E-state index in [1.807, 2.05) is 0 Å². The minimum absolute atomic E-state index is 0.